The standard InChI is InChI=1S/C8H4BrF2NS2/c9-4-1-6(13-2-4)8-12-5(3-14-8)7(10)11/h1-3,7H. The number of rotatable bonds is 2. The van der Waals surface area contributed by atoms with Crippen molar-refractivity contribution in [2.75, 3.05) is 0 Å². The lowest BCUT2D eigenvalue weighted by Gasteiger charge is -1.89. The van der Waals surface area contributed by atoms with E-state index in [9.17, 15) is 8.78 Å². The van der Waals surface area contributed by atoms with Crippen molar-refractivity contribution in [3.05, 3.63) is 27.0 Å². The van der Waals surface area contributed by atoms with Crippen LogP contribution in [-0.2, 0) is 0 Å². The van der Waals surface area contributed by atoms with Crippen molar-refractivity contribution in [2.45, 2.75) is 6.43 Å². The van der Waals surface area contributed by atoms with Gasteiger partial charge in [-0.2, -0.15) is 0 Å². The quantitative estimate of drug-likeness (QED) is 0.791. The largest absolute Gasteiger partial charge is 0.281 e. The summed E-state index contributed by atoms with van der Waals surface area (Å²) in [7, 11) is 0. The number of aromatic nitrogens is 1. The summed E-state index contributed by atoms with van der Waals surface area (Å²) in [5.74, 6) is 0. The molecule has 0 fully saturated rings. The zero-order valence-corrected chi connectivity index (χ0v) is 9.93. The third kappa shape index (κ3) is 2.02. The first-order valence-corrected chi connectivity index (χ1v) is 6.20. The van der Waals surface area contributed by atoms with E-state index in [0.29, 0.717) is 5.01 Å². The predicted octanol–water partition coefficient (Wildman–Crippen LogP) is 4.57. The minimum absolute atomic E-state index is 0.144. The van der Waals surface area contributed by atoms with Crippen LogP contribution >= 0.6 is 38.6 Å². The van der Waals surface area contributed by atoms with Gasteiger partial charge in [-0.25, -0.2) is 13.8 Å². The summed E-state index contributed by atoms with van der Waals surface area (Å²) < 4.78 is 25.4. The van der Waals surface area contributed by atoms with Gasteiger partial charge in [0.05, 0.1) is 4.88 Å². The van der Waals surface area contributed by atoms with Gasteiger partial charge in [-0.15, -0.1) is 22.7 Å². The second-order valence-corrected chi connectivity index (χ2v) is 5.19. The number of halogens is 3. The topological polar surface area (TPSA) is 12.9 Å². The van der Waals surface area contributed by atoms with Crippen molar-refractivity contribution in [2.24, 2.45) is 0 Å². The van der Waals surface area contributed by atoms with Gasteiger partial charge in [0, 0.05) is 15.2 Å². The Morgan fingerprint density at radius 1 is 1.29 bits per heavy atom. The lowest BCUT2D eigenvalue weighted by molar-refractivity contribution is 0.147. The lowest BCUT2D eigenvalue weighted by atomic mass is 10.5. The van der Waals surface area contributed by atoms with Crippen LogP contribution in [0.2, 0.25) is 0 Å². The summed E-state index contributed by atoms with van der Waals surface area (Å²) in [6.45, 7) is 0. The van der Waals surface area contributed by atoms with Gasteiger partial charge in [0.15, 0.2) is 0 Å². The highest BCUT2D eigenvalue weighted by atomic mass is 79.9. The van der Waals surface area contributed by atoms with E-state index in [2.05, 4.69) is 20.9 Å². The van der Waals surface area contributed by atoms with Crippen molar-refractivity contribution in [3.63, 3.8) is 0 Å². The van der Waals surface area contributed by atoms with Crippen molar-refractivity contribution < 1.29 is 8.78 Å². The SMILES string of the molecule is FC(F)c1csc(-c2cc(Br)cs2)n1. The van der Waals surface area contributed by atoms with Crippen molar-refractivity contribution in [1.29, 1.82) is 0 Å². The highest BCUT2D eigenvalue weighted by Gasteiger charge is 2.13. The van der Waals surface area contributed by atoms with Gasteiger partial charge in [0.25, 0.3) is 6.43 Å². The molecule has 2 aromatic rings. The Balaban J connectivity index is 2.33. The molecule has 1 nitrogen and oxygen atoms in total. The van der Waals surface area contributed by atoms with Gasteiger partial charge in [0.2, 0.25) is 0 Å². The summed E-state index contributed by atoms with van der Waals surface area (Å²) in [5, 5.41) is 3.95. The molecule has 0 bridgehead atoms. The Hall–Kier alpha value is -0.330. The number of hydrogen-bond donors (Lipinski definition) is 0. The van der Waals surface area contributed by atoms with Crippen LogP contribution in [0.25, 0.3) is 9.88 Å². The first kappa shape index (κ1) is 10.2. The third-order valence-electron chi connectivity index (χ3n) is 1.52. The van der Waals surface area contributed by atoms with Gasteiger partial charge in [-0.1, -0.05) is 0 Å². The lowest BCUT2D eigenvalue weighted by Crippen LogP contribution is -1.82. The molecule has 0 saturated heterocycles. The second kappa shape index (κ2) is 4.04. The van der Waals surface area contributed by atoms with Crippen LogP contribution in [0.4, 0.5) is 8.78 Å². The fourth-order valence-electron chi connectivity index (χ4n) is 0.925. The maximum Gasteiger partial charge on any atom is 0.281 e. The summed E-state index contributed by atoms with van der Waals surface area (Å²) in [6.07, 6.45) is -2.48. The third-order valence-corrected chi connectivity index (χ3v) is 4.24. The summed E-state index contributed by atoms with van der Waals surface area (Å²) >= 11 is 6.03. The second-order valence-electron chi connectivity index (χ2n) is 2.51. The predicted molar refractivity (Wildman–Crippen MR) is 58.1 cm³/mol. The molecule has 0 unspecified atom stereocenters. The molecule has 14 heavy (non-hydrogen) atoms. The molecule has 0 aliphatic carbocycles. The molecule has 0 atom stereocenters. The Labute approximate surface area is 95.6 Å². The molecule has 0 radical (unpaired) electrons. The first-order chi connectivity index (χ1) is 6.66. The molecule has 0 amide bonds. The van der Waals surface area contributed by atoms with Crippen LogP contribution in [0.1, 0.15) is 12.1 Å². The average molecular weight is 296 g/mol. The summed E-state index contributed by atoms with van der Waals surface area (Å²) in [6, 6.07) is 1.87. The normalized spacial score (nSPS) is 11.1. The monoisotopic (exact) mass is 295 g/mol. The molecular weight excluding hydrogens is 292 g/mol. The van der Waals surface area contributed by atoms with E-state index in [-0.39, 0.29) is 5.69 Å². The van der Waals surface area contributed by atoms with E-state index in [4.69, 9.17) is 0 Å². The van der Waals surface area contributed by atoms with E-state index in [1.165, 1.54) is 28.1 Å². The number of nitrogens with zero attached hydrogens (tertiary/aromatic N) is 1. The number of alkyl halides is 2. The van der Waals surface area contributed by atoms with E-state index in [1.807, 2.05) is 11.4 Å². The van der Waals surface area contributed by atoms with E-state index in [0.717, 1.165) is 9.35 Å². The van der Waals surface area contributed by atoms with Crippen molar-refractivity contribution in [1.82, 2.24) is 4.98 Å². The van der Waals surface area contributed by atoms with Gasteiger partial charge in [-0.05, 0) is 22.0 Å². The molecule has 0 N–H and O–H groups in total. The van der Waals surface area contributed by atoms with E-state index < -0.39 is 6.43 Å². The highest BCUT2D eigenvalue weighted by molar-refractivity contribution is 9.10. The zero-order valence-electron chi connectivity index (χ0n) is 6.71. The Kier molecular flexibility index (Phi) is 2.94. The molecule has 0 aliphatic heterocycles. The molecule has 0 saturated carbocycles. The van der Waals surface area contributed by atoms with Gasteiger partial charge >= 0.3 is 0 Å². The maximum absolute atomic E-state index is 12.2. The number of thiophene rings is 1. The van der Waals surface area contributed by atoms with E-state index >= 15 is 0 Å². The zero-order chi connectivity index (χ0) is 10.1. The van der Waals surface area contributed by atoms with Crippen molar-refractivity contribution >= 4 is 38.6 Å². The number of hydrogen-bond acceptors (Lipinski definition) is 3. The van der Waals surface area contributed by atoms with Crippen LogP contribution in [0, 0.1) is 0 Å². The minimum Gasteiger partial charge on any atom is -0.234 e. The first-order valence-electron chi connectivity index (χ1n) is 3.65. The average Bonchev–Trinajstić information content (AvgIpc) is 2.70. The molecular formula is C8H4BrF2NS2. The van der Waals surface area contributed by atoms with Crippen LogP contribution < -0.4 is 0 Å². The van der Waals surface area contributed by atoms with Crippen LogP contribution in [-0.4, -0.2) is 4.98 Å². The minimum atomic E-state index is -2.48. The molecule has 0 aliphatic rings. The van der Waals surface area contributed by atoms with E-state index in [1.54, 1.807) is 0 Å². The maximum atomic E-state index is 12.2. The molecule has 6 heteroatoms. The fraction of sp³-hybridized carbons (Fsp3) is 0.125. The summed E-state index contributed by atoms with van der Waals surface area (Å²) in [5.41, 5.74) is -0.144. The number of thiazole rings is 1. The van der Waals surface area contributed by atoms with Crippen molar-refractivity contribution in [3.8, 4) is 9.88 Å². The van der Waals surface area contributed by atoms with Gasteiger partial charge < -0.3 is 0 Å². The molecule has 74 valence electrons. The molecule has 0 spiro atoms. The Morgan fingerprint density at radius 2 is 2.07 bits per heavy atom. The summed E-state index contributed by atoms with van der Waals surface area (Å²) in [4.78, 5) is 4.76. The Bertz CT molecular complexity index is 438. The van der Waals surface area contributed by atoms with Gasteiger partial charge in [0.1, 0.15) is 10.7 Å². The highest BCUT2D eigenvalue weighted by Crippen LogP contribution is 2.33. The van der Waals surface area contributed by atoms with Gasteiger partial charge in [-0.3, -0.25) is 0 Å². The smallest absolute Gasteiger partial charge is 0.234 e. The molecule has 0 aromatic carbocycles. The molecule has 2 rings (SSSR count). The fourth-order valence-corrected chi connectivity index (χ4v) is 3.24. The van der Waals surface area contributed by atoms with Crippen LogP contribution in [0.15, 0.2) is 21.3 Å². The Morgan fingerprint density at radius 3 is 2.57 bits per heavy atom. The van der Waals surface area contributed by atoms with Crippen LogP contribution in [0.5, 0.6) is 0 Å². The molecule has 2 heterocycles. The molecule has 2 aromatic heterocycles. The van der Waals surface area contributed by atoms with Crippen LogP contribution in [0.3, 0.4) is 0 Å².